The Morgan fingerprint density at radius 2 is 1.79 bits per heavy atom. The van der Waals surface area contributed by atoms with E-state index in [-0.39, 0.29) is 5.75 Å². The van der Waals surface area contributed by atoms with Crippen LogP contribution in [-0.4, -0.2) is 0 Å². The Balaban J connectivity index is 2.31. The monoisotopic (exact) mass is 398 g/mol. The fourth-order valence-corrected chi connectivity index (χ4v) is 2.03. The Kier molecular flexibility index (Phi) is 4.25. The highest BCUT2D eigenvalue weighted by atomic mass is 127. The number of hydrogen-bond donors (Lipinski definition) is 0. The first-order valence-corrected chi connectivity index (χ1v) is 6.62. The summed E-state index contributed by atoms with van der Waals surface area (Å²) in [5, 5.41) is 0.461. The molecule has 0 fully saturated rings. The first-order chi connectivity index (χ1) is 8.86. The van der Waals surface area contributed by atoms with Crippen LogP contribution in [0.5, 0.6) is 11.5 Å². The molecule has 0 atom stereocenters. The van der Waals surface area contributed by atoms with Crippen LogP contribution in [0.3, 0.4) is 0 Å². The normalized spacial score (nSPS) is 11.4. The zero-order chi connectivity index (χ0) is 14.0. The average molecular weight is 399 g/mol. The average Bonchev–Trinajstić information content (AvgIpc) is 2.33. The van der Waals surface area contributed by atoms with Crippen LogP contribution in [0.2, 0.25) is 5.02 Å². The van der Waals surface area contributed by atoms with Crippen molar-refractivity contribution in [3.05, 3.63) is 56.6 Å². The lowest BCUT2D eigenvalue weighted by molar-refractivity contribution is -0.137. The van der Waals surface area contributed by atoms with Crippen molar-refractivity contribution in [2.45, 2.75) is 6.18 Å². The van der Waals surface area contributed by atoms with Crippen molar-refractivity contribution in [2.75, 3.05) is 0 Å². The fourth-order valence-electron chi connectivity index (χ4n) is 1.42. The maximum atomic E-state index is 12.6. The van der Waals surface area contributed by atoms with Crippen molar-refractivity contribution in [1.82, 2.24) is 0 Å². The number of hydrogen-bond acceptors (Lipinski definition) is 1. The van der Waals surface area contributed by atoms with E-state index in [1.54, 1.807) is 18.2 Å². The zero-order valence-corrected chi connectivity index (χ0v) is 12.3. The molecule has 0 aliphatic heterocycles. The zero-order valence-electron chi connectivity index (χ0n) is 9.34. The molecule has 0 radical (unpaired) electrons. The predicted octanol–water partition coefficient (Wildman–Crippen LogP) is 5.76. The molecule has 0 unspecified atom stereocenters. The van der Waals surface area contributed by atoms with Gasteiger partial charge in [0, 0.05) is 11.1 Å². The fraction of sp³-hybridized carbons (Fsp3) is 0.0769. The van der Waals surface area contributed by atoms with E-state index >= 15 is 0 Å². The van der Waals surface area contributed by atoms with Crippen molar-refractivity contribution in [2.24, 2.45) is 0 Å². The number of ether oxygens (including phenoxy) is 1. The first-order valence-electron chi connectivity index (χ1n) is 5.16. The summed E-state index contributed by atoms with van der Waals surface area (Å²) >= 11 is 7.85. The van der Waals surface area contributed by atoms with Gasteiger partial charge >= 0.3 is 6.18 Å². The van der Waals surface area contributed by atoms with Gasteiger partial charge in [-0.2, -0.15) is 13.2 Å². The lowest BCUT2D eigenvalue weighted by atomic mass is 10.2. The molecule has 2 aromatic carbocycles. The third-order valence-electron chi connectivity index (χ3n) is 2.28. The molecular formula is C13H7ClF3IO. The molecule has 0 spiro atoms. The summed E-state index contributed by atoms with van der Waals surface area (Å²) in [5.74, 6) is 0.544. The molecule has 0 saturated carbocycles. The van der Waals surface area contributed by atoms with Gasteiger partial charge in [0.15, 0.2) is 0 Å². The van der Waals surface area contributed by atoms with Gasteiger partial charge in [-0.25, -0.2) is 0 Å². The lowest BCUT2D eigenvalue weighted by Gasteiger charge is -2.11. The van der Waals surface area contributed by atoms with Gasteiger partial charge in [0.2, 0.25) is 0 Å². The smallest absolute Gasteiger partial charge is 0.416 e. The van der Waals surface area contributed by atoms with Crippen LogP contribution >= 0.6 is 34.2 Å². The van der Waals surface area contributed by atoms with Gasteiger partial charge in [-0.3, -0.25) is 0 Å². The molecule has 0 aromatic heterocycles. The van der Waals surface area contributed by atoms with Gasteiger partial charge in [0.05, 0.1) is 9.13 Å². The van der Waals surface area contributed by atoms with Crippen LogP contribution in [0, 0.1) is 3.57 Å². The van der Waals surface area contributed by atoms with Gasteiger partial charge in [-0.1, -0.05) is 17.7 Å². The van der Waals surface area contributed by atoms with E-state index in [2.05, 4.69) is 0 Å². The molecule has 2 aromatic rings. The molecule has 2 rings (SSSR count). The van der Waals surface area contributed by atoms with E-state index in [1.807, 2.05) is 22.6 Å². The highest BCUT2D eigenvalue weighted by molar-refractivity contribution is 14.1. The van der Waals surface area contributed by atoms with Crippen molar-refractivity contribution < 1.29 is 17.9 Å². The van der Waals surface area contributed by atoms with E-state index in [9.17, 15) is 13.2 Å². The molecule has 1 nitrogen and oxygen atoms in total. The molecule has 0 amide bonds. The summed E-state index contributed by atoms with van der Waals surface area (Å²) < 4.78 is 43.9. The molecule has 19 heavy (non-hydrogen) atoms. The van der Waals surface area contributed by atoms with E-state index in [1.165, 1.54) is 12.1 Å². The highest BCUT2D eigenvalue weighted by Gasteiger charge is 2.30. The van der Waals surface area contributed by atoms with Gasteiger partial charge in [0.1, 0.15) is 11.5 Å². The van der Waals surface area contributed by atoms with Gasteiger partial charge in [0.25, 0.3) is 0 Å². The standard InChI is InChI=1S/C13H7ClF3IO/c14-9-4-5-11(18)12(7-9)19-10-3-1-2-8(6-10)13(15,16)17/h1-7H. The summed E-state index contributed by atoms with van der Waals surface area (Å²) in [6, 6.07) is 9.69. The maximum Gasteiger partial charge on any atom is 0.416 e. The molecule has 0 bridgehead atoms. The minimum atomic E-state index is -4.39. The largest absolute Gasteiger partial charge is 0.456 e. The number of rotatable bonds is 2. The van der Waals surface area contributed by atoms with Gasteiger partial charge in [-0.15, -0.1) is 0 Å². The predicted molar refractivity (Wildman–Crippen MR) is 75.7 cm³/mol. The van der Waals surface area contributed by atoms with E-state index in [0.29, 0.717) is 10.8 Å². The molecule has 100 valence electrons. The second-order valence-electron chi connectivity index (χ2n) is 3.70. The van der Waals surface area contributed by atoms with Gasteiger partial charge in [-0.05, 0) is 52.9 Å². The van der Waals surface area contributed by atoms with E-state index < -0.39 is 11.7 Å². The second kappa shape index (κ2) is 5.58. The van der Waals surface area contributed by atoms with Crippen LogP contribution in [-0.2, 0) is 6.18 Å². The second-order valence-corrected chi connectivity index (χ2v) is 5.30. The number of benzene rings is 2. The number of halogens is 5. The molecule has 0 N–H and O–H groups in total. The van der Waals surface area contributed by atoms with Crippen molar-refractivity contribution in [1.29, 1.82) is 0 Å². The van der Waals surface area contributed by atoms with Crippen molar-refractivity contribution in [3.63, 3.8) is 0 Å². The summed E-state index contributed by atoms with van der Waals surface area (Å²) in [7, 11) is 0. The number of alkyl halides is 3. The summed E-state index contributed by atoms with van der Waals surface area (Å²) in [6.45, 7) is 0. The third-order valence-corrected chi connectivity index (χ3v) is 3.41. The summed E-state index contributed by atoms with van der Waals surface area (Å²) in [6.07, 6.45) is -4.39. The maximum absolute atomic E-state index is 12.6. The van der Waals surface area contributed by atoms with E-state index in [0.717, 1.165) is 15.7 Å². The summed E-state index contributed by atoms with van der Waals surface area (Å²) in [4.78, 5) is 0. The van der Waals surface area contributed by atoms with Crippen molar-refractivity contribution >= 4 is 34.2 Å². The van der Waals surface area contributed by atoms with Crippen LogP contribution in [0.4, 0.5) is 13.2 Å². The Hall–Kier alpha value is -0.950. The topological polar surface area (TPSA) is 9.23 Å². The van der Waals surface area contributed by atoms with Crippen LogP contribution in [0.15, 0.2) is 42.5 Å². The lowest BCUT2D eigenvalue weighted by Crippen LogP contribution is -2.04. The molecule has 0 aliphatic carbocycles. The molecule has 0 heterocycles. The Bertz CT molecular complexity index is 599. The van der Waals surface area contributed by atoms with E-state index in [4.69, 9.17) is 16.3 Å². The quantitative estimate of drug-likeness (QED) is 0.585. The Morgan fingerprint density at radius 3 is 2.47 bits per heavy atom. The summed E-state index contributed by atoms with van der Waals surface area (Å²) in [5.41, 5.74) is -0.748. The van der Waals surface area contributed by atoms with Gasteiger partial charge < -0.3 is 4.74 Å². The minimum absolute atomic E-state index is 0.120. The first kappa shape index (κ1) is 14.5. The van der Waals surface area contributed by atoms with Crippen LogP contribution in [0.25, 0.3) is 0 Å². The minimum Gasteiger partial charge on any atom is -0.456 e. The van der Waals surface area contributed by atoms with Crippen molar-refractivity contribution in [3.8, 4) is 11.5 Å². The highest BCUT2D eigenvalue weighted by Crippen LogP contribution is 2.34. The third kappa shape index (κ3) is 3.76. The molecular weight excluding hydrogens is 391 g/mol. The molecule has 6 heteroatoms. The molecule has 0 saturated heterocycles. The van der Waals surface area contributed by atoms with Crippen LogP contribution < -0.4 is 4.74 Å². The SMILES string of the molecule is FC(F)(F)c1cccc(Oc2cc(Cl)ccc2I)c1. The Morgan fingerprint density at radius 1 is 1.05 bits per heavy atom. The molecule has 0 aliphatic rings. The Labute approximate surface area is 126 Å². The van der Waals surface area contributed by atoms with Crippen LogP contribution in [0.1, 0.15) is 5.56 Å².